The normalized spacial score (nSPS) is 26.2. The lowest BCUT2D eigenvalue weighted by Gasteiger charge is -2.33. The van der Waals surface area contributed by atoms with Gasteiger partial charge in [0.05, 0.1) is 5.56 Å². The van der Waals surface area contributed by atoms with Crippen LogP contribution in [0.15, 0.2) is 6.20 Å². The molecule has 0 spiro atoms. The SMILES string of the molecule is CN1CCC[C@H]1[C@H]1CCCN1C(=O)c1cn(C)nc1C(F)(F)F. The highest BCUT2D eigenvalue weighted by Gasteiger charge is 2.43. The molecule has 2 aliphatic heterocycles. The van der Waals surface area contributed by atoms with Crippen LogP contribution in [0.4, 0.5) is 13.2 Å². The zero-order valence-electron chi connectivity index (χ0n) is 13.3. The zero-order valence-corrected chi connectivity index (χ0v) is 13.3. The molecule has 3 heterocycles. The van der Waals surface area contributed by atoms with Crippen LogP contribution < -0.4 is 0 Å². The predicted molar refractivity (Wildman–Crippen MR) is 77.9 cm³/mol. The second-order valence-electron chi connectivity index (χ2n) is 6.46. The van der Waals surface area contributed by atoms with Crippen molar-refractivity contribution in [1.82, 2.24) is 19.6 Å². The maximum Gasteiger partial charge on any atom is 0.435 e. The van der Waals surface area contributed by atoms with E-state index in [1.165, 1.54) is 13.2 Å². The molecule has 0 saturated carbocycles. The van der Waals surface area contributed by atoms with Crippen LogP contribution in [0.2, 0.25) is 0 Å². The summed E-state index contributed by atoms with van der Waals surface area (Å²) in [5.41, 5.74) is -1.43. The van der Waals surface area contributed by atoms with Gasteiger partial charge in [0.2, 0.25) is 0 Å². The number of amides is 1. The van der Waals surface area contributed by atoms with Crippen molar-refractivity contribution in [3.63, 3.8) is 0 Å². The monoisotopic (exact) mass is 330 g/mol. The molecule has 0 N–H and O–H groups in total. The minimum atomic E-state index is -4.62. The Bertz CT molecular complexity index is 598. The van der Waals surface area contributed by atoms with E-state index in [0.29, 0.717) is 6.54 Å². The summed E-state index contributed by atoms with van der Waals surface area (Å²) in [6.45, 7) is 1.49. The third kappa shape index (κ3) is 2.96. The Morgan fingerprint density at radius 1 is 1.17 bits per heavy atom. The van der Waals surface area contributed by atoms with Crippen molar-refractivity contribution in [3.05, 3.63) is 17.5 Å². The van der Waals surface area contributed by atoms with Gasteiger partial charge in [-0.25, -0.2) is 0 Å². The van der Waals surface area contributed by atoms with Gasteiger partial charge < -0.3 is 9.80 Å². The molecule has 0 radical (unpaired) electrons. The summed E-state index contributed by atoms with van der Waals surface area (Å²) < 4.78 is 40.4. The summed E-state index contributed by atoms with van der Waals surface area (Å²) in [6.07, 6.45) is 0.305. The van der Waals surface area contributed by atoms with E-state index in [9.17, 15) is 18.0 Å². The van der Waals surface area contributed by atoms with Crippen molar-refractivity contribution in [3.8, 4) is 0 Å². The average molecular weight is 330 g/mol. The molecule has 128 valence electrons. The number of likely N-dealkylation sites (N-methyl/N-ethyl adjacent to an activating group) is 1. The van der Waals surface area contributed by atoms with Gasteiger partial charge in [-0.2, -0.15) is 18.3 Å². The first kappa shape index (κ1) is 16.3. The van der Waals surface area contributed by atoms with Gasteiger partial charge in [-0.1, -0.05) is 0 Å². The number of carbonyl (C=O) groups is 1. The van der Waals surface area contributed by atoms with E-state index in [1.807, 2.05) is 7.05 Å². The van der Waals surface area contributed by atoms with Crippen LogP contribution in [0.1, 0.15) is 41.7 Å². The van der Waals surface area contributed by atoms with Gasteiger partial charge in [-0.05, 0) is 39.3 Å². The summed E-state index contributed by atoms with van der Waals surface area (Å²) in [7, 11) is 3.42. The van der Waals surface area contributed by atoms with E-state index in [4.69, 9.17) is 0 Å². The van der Waals surface area contributed by atoms with E-state index in [-0.39, 0.29) is 17.6 Å². The highest BCUT2D eigenvalue weighted by atomic mass is 19.4. The highest BCUT2D eigenvalue weighted by Crippen LogP contribution is 2.34. The fourth-order valence-electron chi connectivity index (χ4n) is 3.88. The fraction of sp³-hybridized carbons (Fsp3) is 0.733. The smallest absolute Gasteiger partial charge is 0.334 e. The summed E-state index contributed by atoms with van der Waals surface area (Å²) >= 11 is 0. The molecule has 2 saturated heterocycles. The third-order valence-electron chi connectivity index (χ3n) is 4.91. The first-order chi connectivity index (χ1) is 10.8. The summed E-state index contributed by atoms with van der Waals surface area (Å²) in [5.74, 6) is -0.548. The maximum absolute atomic E-state index is 13.1. The molecule has 1 amide bonds. The Balaban J connectivity index is 1.88. The highest BCUT2D eigenvalue weighted by molar-refractivity contribution is 5.95. The van der Waals surface area contributed by atoms with Gasteiger partial charge >= 0.3 is 6.18 Å². The number of alkyl halides is 3. The van der Waals surface area contributed by atoms with Crippen LogP contribution in [0.25, 0.3) is 0 Å². The Morgan fingerprint density at radius 2 is 1.83 bits per heavy atom. The molecule has 0 bridgehead atoms. The number of carbonyl (C=O) groups excluding carboxylic acids is 1. The van der Waals surface area contributed by atoms with E-state index in [1.54, 1.807) is 4.90 Å². The molecule has 0 aromatic carbocycles. The largest absolute Gasteiger partial charge is 0.435 e. The number of rotatable bonds is 2. The number of halogens is 3. The van der Waals surface area contributed by atoms with Crippen LogP contribution in [-0.2, 0) is 13.2 Å². The van der Waals surface area contributed by atoms with Crippen molar-refractivity contribution in [1.29, 1.82) is 0 Å². The molecule has 23 heavy (non-hydrogen) atoms. The molecule has 1 aromatic heterocycles. The van der Waals surface area contributed by atoms with Crippen molar-refractivity contribution >= 4 is 5.91 Å². The van der Waals surface area contributed by atoms with Crippen LogP contribution >= 0.6 is 0 Å². The topological polar surface area (TPSA) is 41.4 Å². The number of aryl methyl sites for hydroxylation is 1. The molecule has 0 aliphatic carbocycles. The predicted octanol–water partition coefficient (Wildman–Crippen LogP) is 2.14. The molecule has 3 rings (SSSR count). The lowest BCUT2D eigenvalue weighted by Crippen LogP contribution is -2.47. The van der Waals surface area contributed by atoms with Crippen LogP contribution in [0, 0.1) is 0 Å². The number of likely N-dealkylation sites (tertiary alicyclic amines) is 2. The van der Waals surface area contributed by atoms with Gasteiger partial charge in [-0.15, -0.1) is 0 Å². The number of nitrogens with zero attached hydrogens (tertiary/aromatic N) is 4. The summed E-state index contributed by atoms with van der Waals surface area (Å²) in [5, 5.41) is 3.45. The fourth-order valence-corrected chi connectivity index (χ4v) is 3.88. The van der Waals surface area contributed by atoms with Gasteiger partial charge in [0, 0.05) is 31.9 Å². The lowest BCUT2D eigenvalue weighted by atomic mass is 10.0. The van der Waals surface area contributed by atoms with E-state index >= 15 is 0 Å². The molecule has 2 fully saturated rings. The van der Waals surface area contributed by atoms with Crippen molar-refractivity contribution < 1.29 is 18.0 Å². The molecule has 2 aliphatic rings. The number of hydrogen-bond acceptors (Lipinski definition) is 3. The number of hydrogen-bond donors (Lipinski definition) is 0. The van der Waals surface area contributed by atoms with Crippen molar-refractivity contribution in [2.45, 2.75) is 43.9 Å². The minimum absolute atomic E-state index is 0.00344. The zero-order chi connectivity index (χ0) is 16.8. The first-order valence-electron chi connectivity index (χ1n) is 7.91. The number of aromatic nitrogens is 2. The molecule has 8 heteroatoms. The maximum atomic E-state index is 13.1. The Hall–Kier alpha value is -1.57. The summed E-state index contributed by atoms with van der Waals surface area (Å²) in [6, 6.07) is 0.240. The first-order valence-corrected chi connectivity index (χ1v) is 7.91. The second kappa shape index (κ2) is 5.81. The molecule has 1 aromatic rings. The van der Waals surface area contributed by atoms with Gasteiger partial charge in [0.25, 0.3) is 5.91 Å². The van der Waals surface area contributed by atoms with Gasteiger partial charge in [0.15, 0.2) is 5.69 Å². The minimum Gasteiger partial charge on any atom is -0.334 e. The van der Waals surface area contributed by atoms with E-state index in [0.717, 1.165) is 36.9 Å². The van der Waals surface area contributed by atoms with E-state index < -0.39 is 17.8 Å². The third-order valence-corrected chi connectivity index (χ3v) is 4.91. The second-order valence-corrected chi connectivity index (χ2v) is 6.46. The lowest BCUT2D eigenvalue weighted by molar-refractivity contribution is -0.141. The van der Waals surface area contributed by atoms with Crippen LogP contribution in [-0.4, -0.2) is 57.7 Å². The average Bonchev–Trinajstić information content (AvgIpc) is 3.15. The van der Waals surface area contributed by atoms with Gasteiger partial charge in [-0.3, -0.25) is 9.48 Å². The quantitative estimate of drug-likeness (QED) is 0.834. The Labute approximate surface area is 133 Å². The molecule has 2 atom stereocenters. The standard InChI is InChI=1S/C15H21F3N4O/c1-20-7-3-5-11(20)12-6-4-8-22(12)14(23)10-9-21(2)19-13(10)15(16,17)18/h9,11-12H,3-8H2,1-2H3/t11-,12+/m0/s1. The van der Waals surface area contributed by atoms with Crippen molar-refractivity contribution in [2.75, 3.05) is 20.1 Å². The van der Waals surface area contributed by atoms with Crippen molar-refractivity contribution in [2.24, 2.45) is 7.05 Å². The molecular weight excluding hydrogens is 309 g/mol. The summed E-state index contributed by atoms with van der Waals surface area (Å²) in [4.78, 5) is 16.6. The Kier molecular flexibility index (Phi) is 4.12. The molecule has 5 nitrogen and oxygen atoms in total. The van der Waals surface area contributed by atoms with Crippen LogP contribution in [0.3, 0.4) is 0 Å². The van der Waals surface area contributed by atoms with E-state index in [2.05, 4.69) is 10.00 Å². The molecular formula is C15H21F3N4O. The molecule has 0 unspecified atom stereocenters. The Morgan fingerprint density at radius 3 is 2.43 bits per heavy atom. The van der Waals surface area contributed by atoms with Crippen LogP contribution in [0.5, 0.6) is 0 Å². The van der Waals surface area contributed by atoms with Gasteiger partial charge in [0.1, 0.15) is 0 Å².